The second-order valence-electron chi connectivity index (χ2n) is 6.92. The molecule has 4 fully saturated rings. The summed E-state index contributed by atoms with van der Waals surface area (Å²) in [6, 6.07) is 7.69. The molecule has 0 radical (unpaired) electrons. The zero-order chi connectivity index (χ0) is 15.5. The molecule has 116 valence electrons. The molecule has 22 heavy (non-hydrogen) atoms. The zero-order valence-electron chi connectivity index (χ0n) is 12.0. The van der Waals surface area contributed by atoms with E-state index < -0.39 is 6.09 Å². The van der Waals surface area contributed by atoms with Gasteiger partial charge < -0.3 is 15.3 Å². The van der Waals surface area contributed by atoms with Gasteiger partial charge in [-0.3, -0.25) is 4.79 Å². The van der Waals surface area contributed by atoms with Crippen LogP contribution in [0.25, 0.3) is 0 Å². The molecule has 4 aliphatic rings. The molecular weight excluding hydrogens is 304 g/mol. The van der Waals surface area contributed by atoms with Gasteiger partial charge in [-0.05, 0) is 37.0 Å². The predicted octanol–water partition coefficient (Wildman–Crippen LogP) is 2.60. The maximum Gasteiger partial charge on any atom is 0.405 e. The fourth-order valence-electron chi connectivity index (χ4n) is 4.50. The maximum atomic E-state index is 12.4. The first kappa shape index (κ1) is 13.9. The van der Waals surface area contributed by atoms with Gasteiger partial charge in [-0.1, -0.05) is 23.7 Å². The first-order valence-electron chi connectivity index (χ1n) is 7.49. The van der Waals surface area contributed by atoms with Gasteiger partial charge in [0.1, 0.15) is 0 Å². The highest BCUT2D eigenvalue weighted by Gasteiger charge is 2.72. The van der Waals surface area contributed by atoms with Gasteiger partial charge in [0, 0.05) is 29.4 Å². The number of halogens is 1. The Hall–Kier alpha value is -1.75. The Morgan fingerprint density at radius 2 is 1.91 bits per heavy atom. The number of rotatable bonds is 3. The van der Waals surface area contributed by atoms with Crippen molar-refractivity contribution >= 4 is 23.6 Å². The van der Waals surface area contributed by atoms with Crippen molar-refractivity contribution in [2.45, 2.75) is 42.7 Å². The predicted molar refractivity (Wildman–Crippen MR) is 81.0 cm³/mol. The Balaban J connectivity index is 1.44. The Labute approximate surface area is 133 Å². The number of benzene rings is 1. The molecule has 1 saturated heterocycles. The smallest absolute Gasteiger partial charge is 0.405 e. The number of amides is 2. The number of carbonyl (C=O) groups excluding carboxylic acids is 1. The molecule has 5 nitrogen and oxygen atoms in total. The quantitative estimate of drug-likeness (QED) is 0.899. The summed E-state index contributed by atoms with van der Waals surface area (Å²) >= 11 is 5.91. The number of carboxylic acid groups (broad SMARTS) is 1. The fraction of sp³-hybridized carbons (Fsp3) is 0.500. The van der Waals surface area contributed by atoms with Gasteiger partial charge in [-0.2, -0.15) is 0 Å². The van der Waals surface area contributed by atoms with Crippen LogP contribution >= 0.6 is 11.6 Å². The van der Waals surface area contributed by atoms with Gasteiger partial charge in [0.25, 0.3) is 0 Å². The molecule has 3 aliphatic carbocycles. The van der Waals surface area contributed by atoms with Crippen molar-refractivity contribution in [2.75, 3.05) is 6.54 Å². The van der Waals surface area contributed by atoms with Crippen molar-refractivity contribution in [3.05, 3.63) is 34.9 Å². The van der Waals surface area contributed by atoms with E-state index in [9.17, 15) is 9.59 Å². The Bertz CT molecular complexity index is 638. The van der Waals surface area contributed by atoms with Gasteiger partial charge in [0.2, 0.25) is 5.91 Å². The van der Waals surface area contributed by atoms with E-state index in [1.165, 1.54) is 0 Å². The van der Waals surface area contributed by atoms with Crippen LogP contribution in [-0.2, 0) is 4.79 Å². The highest BCUT2D eigenvalue weighted by atomic mass is 35.5. The molecule has 1 unspecified atom stereocenters. The van der Waals surface area contributed by atoms with Crippen LogP contribution < -0.4 is 5.32 Å². The van der Waals surface area contributed by atoms with Crippen molar-refractivity contribution < 1.29 is 14.7 Å². The number of nitrogens with one attached hydrogen (secondary N) is 1. The summed E-state index contributed by atoms with van der Waals surface area (Å²) < 4.78 is 0. The average molecular weight is 321 g/mol. The van der Waals surface area contributed by atoms with Crippen molar-refractivity contribution in [1.82, 2.24) is 10.2 Å². The van der Waals surface area contributed by atoms with Gasteiger partial charge in [0.05, 0.1) is 5.54 Å². The van der Waals surface area contributed by atoms with Crippen molar-refractivity contribution in [3.63, 3.8) is 0 Å². The third kappa shape index (κ3) is 1.92. The molecule has 2 amide bonds. The van der Waals surface area contributed by atoms with Crippen LogP contribution in [0.5, 0.6) is 0 Å². The average Bonchev–Trinajstić information content (AvgIpc) is 2.75. The third-order valence-corrected chi connectivity index (χ3v) is 5.67. The highest BCUT2D eigenvalue weighted by Crippen LogP contribution is 2.64. The topological polar surface area (TPSA) is 69.6 Å². The molecule has 1 aromatic carbocycles. The van der Waals surface area contributed by atoms with Crippen LogP contribution in [0.2, 0.25) is 5.02 Å². The van der Waals surface area contributed by atoms with Crippen LogP contribution in [0, 0.1) is 0 Å². The molecule has 6 heteroatoms. The molecule has 0 aromatic heterocycles. The van der Waals surface area contributed by atoms with Crippen LogP contribution in [0.1, 0.15) is 37.2 Å². The normalized spacial score (nSPS) is 35.8. The summed E-state index contributed by atoms with van der Waals surface area (Å²) in [5.74, 6) is 0.394. The van der Waals surface area contributed by atoms with E-state index in [-0.39, 0.29) is 22.9 Å². The summed E-state index contributed by atoms with van der Waals surface area (Å²) in [5.41, 5.74) is 0.774. The summed E-state index contributed by atoms with van der Waals surface area (Å²) in [6.07, 6.45) is 1.82. The van der Waals surface area contributed by atoms with Crippen molar-refractivity contribution in [1.29, 1.82) is 0 Å². The molecular formula is C16H17ClN2O3. The van der Waals surface area contributed by atoms with Crippen LogP contribution in [0.15, 0.2) is 24.3 Å². The molecule has 5 rings (SSSR count). The highest BCUT2D eigenvalue weighted by molar-refractivity contribution is 6.30. The van der Waals surface area contributed by atoms with E-state index in [4.69, 9.17) is 16.7 Å². The van der Waals surface area contributed by atoms with Crippen LogP contribution in [0.3, 0.4) is 0 Å². The standard InChI is InChI=1S/C16H17ClN2O3/c17-12-3-1-10(2-4-12)11-5-13(20)19(6-11)16-7-15(8-16,9-16)18-14(21)22/h1-4,11,18H,5-9H2,(H,21,22). The summed E-state index contributed by atoms with van der Waals surface area (Å²) in [4.78, 5) is 25.1. The number of carbonyl (C=O) groups is 2. The maximum absolute atomic E-state index is 12.4. The lowest BCUT2D eigenvalue weighted by Gasteiger charge is -2.72. The van der Waals surface area contributed by atoms with E-state index in [0.29, 0.717) is 11.4 Å². The van der Waals surface area contributed by atoms with Gasteiger partial charge in [0.15, 0.2) is 0 Å². The largest absolute Gasteiger partial charge is 0.465 e. The lowest BCUT2D eigenvalue weighted by molar-refractivity contribution is -0.181. The van der Waals surface area contributed by atoms with Crippen LogP contribution in [0.4, 0.5) is 4.79 Å². The van der Waals surface area contributed by atoms with Crippen LogP contribution in [-0.4, -0.2) is 39.6 Å². The molecule has 2 N–H and O–H groups in total. The lowest BCUT2D eigenvalue weighted by Crippen LogP contribution is -2.83. The number of likely N-dealkylation sites (tertiary alicyclic amines) is 1. The first-order chi connectivity index (χ1) is 10.4. The molecule has 1 aromatic rings. The second-order valence-corrected chi connectivity index (χ2v) is 7.36. The molecule has 1 aliphatic heterocycles. The minimum Gasteiger partial charge on any atom is -0.465 e. The molecule has 1 heterocycles. The van der Waals surface area contributed by atoms with E-state index in [0.717, 1.165) is 31.4 Å². The fourth-order valence-corrected chi connectivity index (χ4v) is 4.63. The Kier molecular flexibility index (Phi) is 2.77. The second kappa shape index (κ2) is 4.38. The van der Waals surface area contributed by atoms with E-state index in [2.05, 4.69) is 5.32 Å². The number of nitrogens with zero attached hydrogens (tertiary/aromatic N) is 1. The molecule has 2 bridgehead atoms. The summed E-state index contributed by atoms with van der Waals surface area (Å²) in [7, 11) is 0. The monoisotopic (exact) mass is 320 g/mol. The third-order valence-electron chi connectivity index (χ3n) is 5.41. The van der Waals surface area contributed by atoms with Gasteiger partial charge in [-0.15, -0.1) is 0 Å². The minimum absolute atomic E-state index is 0.0965. The number of hydrogen-bond donors (Lipinski definition) is 2. The van der Waals surface area contributed by atoms with E-state index >= 15 is 0 Å². The summed E-state index contributed by atoms with van der Waals surface area (Å²) in [5, 5.41) is 12.1. The van der Waals surface area contributed by atoms with Crippen molar-refractivity contribution in [3.8, 4) is 0 Å². The number of hydrogen-bond acceptors (Lipinski definition) is 2. The van der Waals surface area contributed by atoms with E-state index in [1.54, 1.807) is 0 Å². The van der Waals surface area contributed by atoms with Gasteiger partial charge in [-0.25, -0.2) is 4.79 Å². The molecule has 3 saturated carbocycles. The molecule has 1 atom stereocenters. The van der Waals surface area contributed by atoms with Gasteiger partial charge >= 0.3 is 6.09 Å². The SMILES string of the molecule is O=C(O)NC12CC(N3CC(c4ccc(Cl)cc4)CC3=O)(C1)C2. The minimum atomic E-state index is -0.972. The lowest BCUT2D eigenvalue weighted by atomic mass is 9.43. The summed E-state index contributed by atoms with van der Waals surface area (Å²) in [6.45, 7) is 0.726. The first-order valence-corrected chi connectivity index (χ1v) is 7.86. The van der Waals surface area contributed by atoms with E-state index in [1.807, 2.05) is 29.2 Å². The molecule has 0 spiro atoms. The Morgan fingerprint density at radius 1 is 1.27 bits per heavy atom. The van der Waals surface area contributed by atoms with Crippen molar-refractivity contribution in [2.24, 2.45) is 0 Å². The Morgan fingerprint density at radius 3 is 2.50 bits per heavy atom. The zero-order valence-corrected chi connectivity index (χ0v) is 12.8.